The van der Waals surface area contributed by atoms with Crippen LogP contribution >= 0.6 is 0 Å². The van der Waals surface area contributed by atoms with Crippen LogP contribution in [-0.2, 0) is 11.3 Å². The molecule has 2 aromatic heterocycles. The second-order valence-corrected chi connectivity index (χ2v) is 6.31. The Morgan fingerprint density at radius 3 is 2.36 bits per heavy atom. The molecule has 0 spiro atoms. The molecule has 4 aromatic rings. The summed E-state index contributed by atoms with van der Waals surface area (Å²) in [5.74, 6) is -0.747. The van der Waals surface area contributed by atoms with Crippen LogP contribution in [-0.4, -0.2) is 17.1 Å². The second-order valence-electron chi connectivity index (χ2n) is 6.31. The Morgan fingerprint density at radius 1 is 0.964 bits per heavy atom. The summed E-state index contributed by atoms with van der Waals surface area (Å²) in [7, 11) is 0. The quantitative estimate of drug-likeness (QED) is 0.404. The Hall–Kier alpha value is -3.67. The standard InChI is InChI=1S/C22H17NO5/c1-2-27-21(25)18-12-17-15-10-6-7-11-16(15)19(24)23(20(17)28-22(18)26)13-14-8-4-3-5-9-14/h3-12H,2,13H2,1H3. The Morgan fingerprint density at radius 2 is 1.64 bits per heavy atom. The fourth-order valence-corrected chi connectivity index (χ4v) is 3.26. The zero-order chi connectivity index (χ0) is 19.7. The van der Waals surface area contributed by atoms with Crippen molar-refractivity contribution in [3.63, 3.8) is 0 Å². The summed E-state index contributed by atoms with van der Waals surface area (Å²) in [6.45, 7) is 2.04. The first-order chi connectivity index (χ1) is 13.6. The van der Waals surface area contributed by atoms with Gasteiger partial charge in [-0.05, 0) is 30.0 Å². The maximum Gasteiger partial charge on any atom is 0.352 e. The zero-order valence-corrected chi connectivity index (χ0v) is 15.2. The van der Waals surface area contributed by atoms with Gasteiger partial charge in [-0.1, -0.05) is 48.5 Å². The Bertz CT molecular complexity index is 1300. The predicted octanol–water partition coefficient (Wildman–Crippen LogP) is 3.33. The van der Waals surface area contributed by atoms with E-state index in [1.807, 2.05) is 30.3 Å². The molecule has 2 heterocycles. The molecular formula is C22H17NO5. The first-order valence-electron chi connectivity index (χ1n) is 8.90. The van der Waals surface area contributed by atoms with Crippen molar-refractivity contribution in [2.75, 3.05) is 6.61 Å². The van der Waals surface area contributed by atoms with Gasteiger partial charge >= 0.3 is 11.6 Å². The topological polar surface area (TPSA) is 78.5 Å². The summed E-state index contributed by atoms with van der Waals surface area (Å²) in [6, 6.07) is 17.9. The Balaban J connectivity index is 2.06. The molecule has 140 valence electrons. The van der Waals surface area contributed by atoms with Crippen molar-refractivity contribution in [3.8, 4) is 0 Å². The number of ether oxygens (including phenoxy) is 1. The van der Waals surface area contributed by atoms with Gasteiger partial charge in [0.1, 0.15) is 5.56 Å². The first kappa shape index (κ1) is 17.7. The van der Waals surface area contributed by atoms with Crippen LogP contribution in [0.1, 0.15) is 22.8 Å². The molecule has 0 aliphatic carbocycles. The number of carbonyl (C=O) groups excluding carboxylic acids is 1. The molecule has 0 fully saturated rings. The lowest BCUT2D eigenvalue weighted by molar-refractivity contribution is 0.0521. The molecular weight excluding hydrogens is 358 g/mol. The number of hydrogen-bond donors (Lipinski definition) is 0. The van der Waals surface area contributed by atoms with Crippen molar-refractivity contribution in [1.82, 2.24) is 4.57 Å². The van der Waals surface area contributed by atoms with Crippen molar-refractivity contribution in [3.05, 3.63) is 92.6 Å². The van der Waals surface area contributed by atoms with Crippen LogP contribution in [0.2, 0.25) is 0 Å². The molecule has 6 heteroatoms. The van der Waals surface area contributed by atoms with Crippen molar-refractivity contribution in [2.45, 2.75) is 13.5 Å². The van der Waals surface area contributed by atoms with E-state index in [1.54, 1.807) is 31.2 Å². The normalized spacial score (nSPS) is 11.0. The molecule has 2 aromatic carbocycles. The predicted molar refractivity (Wildman–Crippen MR) is 106 cm³/mol. The van der Waals surface area contributed by atoms with Gasteiger partial charge in [-0.25, -0.2) is 9.59 Å². The monoisotopic (exact) mass is 375 g/mol. The fraction of sp³-hybridized carbons (Fsp3) is 0.136. The van der Waals surface area contributed by atoms with Crippen molar-refractivity contribution in [1.29, 1.82) is 0 Å². The van der Waals surface area contributed by atoms with Crippen LogP contribution in [0.5, 0.6) is 0 Å². The summed E-state index contributed by atoms with van der Waals surface area (Å²) < 4.78 is 11.8. The summed E-state index contributed by atoms with van der Waals surface area (Å²) >= 11 is 0. The van der Waals surface area contributed by atoms with Crippen LogP contribution in [0.4, 0.5) is 0 Å². The maximum atomic E-state index is 13.1. The summed E-state index contributed by atoms with van der Waals surface area (Å²) in [4.78, 5) is 37.6. The minimum Gasteiger partial charge on any atom is -0.462 e. The van der Waals surface area contributed by atoms with Gasteiger partial charge < -0.3 is 9.15 Å². The molecule has 0 aliphatic heterocycles. The highest BCUT2D eigenvalue weighted by Crippen LogP contribution is 2.23. The maximum absolute atomic E-state index is 13.1. The third kappa shape index (κ3) is 2.99. The lowest BCUT2D eigenvalue weighted by Crippen LogP contribution is -2.24. The Kier molecular flexibility index (Phi) is 4.53. The largest absolute Gasteiger partial charge is 0.462 e. The highest BCUT2D eigenvalue weighted by atomic mass is 16.5. The van der Waals surface area contributed by atoms with Crippen LogP contribution in [0, 0.1) is 0 Å². The number of hydrogen-bond acceptors (Lipinski definition) is 5. The van der Waals surface area contributed by atoms with E-state index in [0.717, 1.165) is 5.56 Å². The molecule has 0 unspecified atom stereocenters. The minimum absolute atomic E-state index is 0.130. The molecule has 0 radical (unpaired) electrons. The number of pyridine rings is 1. The highest BCUT2D eigenvalue weighted by molar-refractivity contribution is 6.05. The summed E-state index contributed by atoms with van der Waals surface area (Å²) in [5, 5.41) is 1.60. The molecule has 0 saturated carbocycles. The molecule has 0 saturated heterocycles. The average molecular weight is 375 g/mol. The molecule has 0 aliphatic rings. The number of rotatable bonds is 4. The molecule has 0 amide bonds. The van der Waals surface area contributed by atoms with Gasteiger partial charge in [0.15, 0.2) is 0 Å². The molecule has 4 rings (SSSR count). The minimum atomic E-state index is -0.831. The van der Waals surface area contributed by atoms with E-state index in [1.165, 1.54) is 10.6 Å². The van der Waals surface area contributed by atoms with E-state index in [2.05, 4.69) is 0 Å². The summed E-state index contributed by atoms with van der Waals surface area (Å²) in [6.07, 6.45) is 0. The van der Waals surface area contributed by atoms with Gasteiger partial charge in [-0.2, -0.15) is 0 Å². The average Bonchev–Trinajstić information content (AvgIpc) is 2.71. The van der Waals surface area contributed by atoms with Crippen molar-refractivity contribution in [2.24, 2.45) is 0 Å². The van der Waals surface area contributed by atoms with Gasteiger partial charge in [0.25, 0.3) is 5.56 Å². The number of esters is 1. The number of benzene rings is 2. The Labute approximate surface area is 159 Å². The molecule has 6 nitrogen and oxygen atoms in total. The van der Waals surface area contributed by atoms with E-state index in [0.29, 0.717) is 16.2 Å². The first-order valence-corrected chi connectivity index (χ1v) is 8.90. The number of nitrogens with zero attached hydrogens (tertiary/aromatic N) is 1. The molecule has 28 heavy (non-hydrogen) atoms. The van der Waals surface area contributed by atoms with Crippen LogP contribution in [0.3, 0.4) is 0 Å². The van der Waals surface area contributed by atoms with E-state index in [-0.39, 0.29) is 30.0 Å². The van der Waals surface area contributed by atoms with Gasteiger partial charge in [0, 0.05) is 10.8 Å². The summed E-state index contributed by atoms with van der Waals surface area (Å²) in [5.41, 5.74) is -0.269. The number of carbonyl (C=O) groups is 1. The van der Waals surface area contributed by atoms with Crippen LogP contribution < -0.4 is 11.2 Å². The van der Waals surface area contributed by atoms with Gasteiger partial charge in [-0.15, -0.1) is 0 Å². The smallest absolute Gasteiger partial charge is 0.352 e. The van der Waals surface area contributed by atoms with E-state index < -0.39 is 11.6 Å². The third-order valence-electron chi connectivity index (χ3n) is 4.55. The molecule has 0 atom stereocenters. The second kappa shape index (κ2) is 7.15. The molecule has 0 bridgehead atoms. The van der Waals surface area contributed by atoms with Gasteiger partial charge in [0.05, 0.1) is 13.2 Å². The fourth-order valence-electron chi connectivity index (χ4n) is 3.26. The molecule has 0 N–H and O–H groups in total. The van der Waals surface area contributed by atoms with E-state index in [4.69, 9.17) is 9.15 Å². The van der Waals surface area contributed by atoms with E-state index >= 15 is 0 Å². The van der Waals surface area contributed by atoms with Crippen molar-refractivity contribution >= 4 is 27.8 Å². The van der Waals surface area contributed by atoms with Crippen LogP contribution in [0.25, 0.3) is 21.9 Å². The zero-order valence-electron chi connectivity index (χ0n) is 15.2. The van der Waals surface area contributed by atoms with Crippen LogP contribution in [0.15, 0.2) is 74.7 Å². The third-order valence-corrected chi connectivity index (χ3v) is 4.55. The lowest BCUT2D eigenvalue weighted by Gasteiger charge is -2.12. The number of fused-ring (bicyclic) bond motifs is 3. The van der Waals surface area contributed by atoms with Crippen molar-refractivity contribution < 1.29 is 13.9 Å². The lowest BCUT2D eigenvalue weighted by atomic mass is 10.1. The number of aromatic nitrogens is 1. The van der Waals surface area contributed by atoms with E-state index in [9.17, 15) is 14.4 Å². The highest BCUT2D eigenvalue weighted by Gasteiger charge is 2.19. The SMILES string of the molecule is CCOC(=O)c1cc2c3ccccc3c(=O)n(Cc3ccccc3)c2oc1=O. The van der Waals surface area contributed by atoms with Gasteiger partial charge in [0.2, 0.25) is 5.71 Å². The van der Waals surface area contributed by atoms with Gasteiger partial charge in [-0.3, -0.25) is 9.36 Å².